The number of urea groups is 1. The summed E-state index contributed by atoms with van der Waals surface area (Å²) in [5.74, 6) is 0. The lowest BCUT2D eigenvalue weighted by Gasteiger charge is -2.33. The number of aryl methyl sites for hydroxylation is 2. The SMILES string of the molecule is CCc1cccc(C)c1NC(=O)NC1CCN(CC2CCCO2)CC1. The van der Waals surface area contributed by atoms with E-state index in [9.17, 15) is 4.79 Å². The predicted octanol–water partition coefficient (Wildman–Crippen LogP) is 3.32. The number of piperidine rings is 1. The minimum atomic E-state index is -0.0819. The standard InChI is InChI=1S/C20H31N3O2/c1-3-16-7-4-6-15(2)19(16)22-20(24)21-17-9-11-23(12-10-17)14-18-8-5-13-25-18/h4,6-7,17-18H,3,5,8-14H2,1-2H3,(H2,21,22,24). The van der Waals surface area contributed by atoms with E-state index in [0.717, 1.165) is 56.8 Å². The molecule has 3 rings (SSSR count). The third-order valence-corrected chi connectivity index (χ3v) is 5.39. The summed E-state index contributed by atoms with van der Waals surface area (Å²) >= 11 is 0. The molecule has 5 nitrogen and oxygen atoms in total. The normalized spacial score (nSPS) is 22.1. The number of rotatable bonds is 5. The van der Waals surface area contributed by atoms with Crippen LogP contribution in [-0.4, -0.2) is 49.3 Å². The molecule has 0 radical (unpaired) electrons. The summed E-state index contributed by atoms with van der Waals surface area (Å²) in [4.78, 5) is 14.9. The van der Waals surface area contributed by atoms with Crippen molar-refractivity contribution < 1.29 is 9.53 Å². The lowest BCUT2D eigenvalue weighted by molar-refractivity contribution is 0.0633. The van der Waals surface area contributed by atoms with Crippen molar-refractivity contribution in [2.45, 2.75) is 58.1 Å². The van der Waals surface area contributed by atoms with Gasteiger partial charge in [-0.2, -0.15) is 0 Å². The highest BCUT2D eigenvalue weighted by Gasteiger charge is 2.24. The maximum atomic E-state index is 12.4. The quantitative estimate of drug-likeness (QED) is 0.861. The molecule has 2 aliphatic rings. The van der Waals surface area contributed by atoms with E-state index in [4.69, 9.17) is 4.74 Å². The van der Waals surface area contributed by atoms with Crippen molar-refractivity contribution in [3.05, 3.63) is 29.3 Å². The molecule has 1 aromatic rings. The number of hydrogen-bond donors (Lipinski definition) is 2. The molecule has 2 N–H and O–H groups in total. The lowest BCUT2D eigenvalue weighted by Crippen LogP contribution is -2.47. The largest absolute Gasteiger partial charge is 0.377 e. The predicted molar refractivity (Wildman–Crippen MR) is 101 cm³/mol. The number of hydrogen-bond acceptors (Lipinski definition) is 3. The first-order chi connectivity index (χ1) is 12.2. The molecule has 2 fully saturated rings. The Hall–Kier alpha value is -1.59. The Kier molecular flexibility index (Phi) is 6.32. The van der Waals surface area contributed by atoms with Gasteiger partial charge in [0.25, 0.3) is 0 Å². The first-order valence-corrected chi connectivity index (χ1v) is 9.65. The summed E-state index contributed by atoms with van der Waals surface area (Å²) in [6, 6.07) is 6.34. The van der Waals surface area contributed by atoms with Gasteiger partial charge in [-0.3, -0.25) is 0 Å². The molecule has 1 atom stereocenters. The van der Waals surface area contributed by atoms with Crippen LogP contribution in [0, 0.1) is 6.92 Å². The number of carbonyl (C=O) groups excluding carboxylic acids is 1. The van der Waals surface area contributed by atoms with Gasteiger partial charge in [-0.15, -0.1) is 0 Å². The number of nitrogens with one attached hydrogen (secondary N) is 2. The fourth-order valence-corrected chi connectivity index (χ4v) is 3.87. The number of anilines is 1. The summed E-state index contributed by atoms with van der Waals surface area (Å²) in [5.41, 5.74) is 3.25. The fraction of sp³-hybridized carbons (Fsp3) is 0.650. The number of ether oxygens (including phenoxy) is 1. The van der Waals surface area contributed by atoms with E-state index in [1.807, 2.05) is 19.1 Å². The third kappa shape index (κ3) is 4.95. The van der Waals surface area contributed by atoms with Crippen molar-refractivity contribution >= 4 is 11.7 Å². The summed E-state index contributed by atoms with van der Waals surface area (Å²) in [6.45, 7) is 8.19. The van der Waals surface area contributed by atoms with Crippen LogP contribution in [0.5, 0.6) is 0 Å². The minimum absolute atomic E-state index is 0.0819. The molecule has 2 saturated heterocycles. The number of amides is 2. The van der Waals surface area contributed by atoms with Crippen molar-refractivity contribution in [2.24, 2.45) is 0 Å². The maximum absolute atomic E-state index is 12.4. The number of likely N-dealkylation sites (tertiary alicyclic amines) is 1. The van der Waals surface area contributed by atoms with Crippen molar-refractivity contribution in [2.75, 3.05) is 31.6 Å². The van der Waals surface area contributed by atoms with Crippen LogP contribution < -0.4 is 10.6 Å². The molecule has 0 saturated carbocycles. The molecule has 0 spiro atoms. The maximum Gasteiger partial charge on any atom is 0.319 e. The molecule has 1 unspecified atom stereocenters. The molecule has 2 amide bonds. The van der Waals surface area contributed by atoms with Crippen molar-refractivity contribution in [1.82, 2.24) is 10.2 Å². The van der Waals surface area contributed by atoms with E-state index in [-0.39, 0.29) is 12.1 Å². The summed E-state index contributed by atoms with van der Waals surface area (Å²) in [6.07, 6.45) is 5.74. The van der Waals surface area contributed by atoms with Crippen LogP contribution in [-0.2, 0) is 11.2 Å². The molecular weight excluding hydrogens is 314 g/mol. The number of carbonyl (C=O) groups is 1. The minimum Gasteiger partial charge on any atom is -0.377 e. The average molecular weight is 345 g/mol. The molecular formula is C20H31N3O2. The third-order valence-electron chi connectivity index (χ3n) is 5.39. The second-order valence-corrected chi connectivity index (χ2v) is 7.27. The number of nitrogens with zero attached hydrogens (tertiary/aromatic N) is 1. The van der Waals surface area contributed by atoms with Gasteiger partial charge in [-0.05, 0) is 50.2 Å². The first-order valence-electron chi connectivity index (χ1n) is 9.65. The van der Waals surface area contributed by atoms with Gasteiger partial charge in [-0.1, -0.05) is 25.1 Å². The Morgan fingerprint density at radius 3 is 2.76 bits per heavy atom. The topological polar surface area (TPSA) is 53.6 Å². The molecule has 5 heteroatoms. The molecule has 0 bridgehead atoms. The van der Waals surface area contributed by atoms with Gasteiger partial charge in [0, 0.05) is 38.0 Å². The van der Waals surface area contributed by atoms with Gasteiger partial charge in [0.05, 0.1) is 6.10 Å². The van der Waals surface area contributed by atoms with E-state index < -0.39 is 0 Å². The van der Waals surface area contributed by atoms with Crippen LogP contribution in [0.25, 0.3) is 0 Å². The highest BCUT2D eigenvalue weighted by atomic mass is 16.5. The molecule has 1 aromatic carbocycles. The molecule has 2 heterocycles. The first kappa shape index (κ1) is 18.2. The van der Waals surface area contributed by atoms with Crippen LogP contribution in [0.2, 0.25) is 0 Å². The lowest BCUT2D eigenvalue weighted by atomic mass is 10.0. The molecule has 0 aliphatic carbocycles. The van der Waals surface area contributed by atoms with Gasteiger partial charge >= 0.3 is 6.03 Å². The molecule has 2 aliphatic heterocycles. The summed E-state index contributed by atoms with van der Waals surface area (Å²) < 4.78 is 5.73. The average Bonchev–Trinajstić information content (AvgIpc) is 3.11. The molecule has 0 aromatic heterocycles. The Bertz CT molecular complexity index is 576. The monoisotopic (exact) mass is 345 g/mol. The smallest absolute Gasteiger partial charge is 0.319 e. The zero-order chi connectivity index (χ0) is 17.6. The van der Waals surface area contributed by atoms with E-state index in [2.05, 4.69) is 28.5 Å². The van der Waals surface area contributed by atoms with Crippen LogP contribution in [0.15, 0.2) is 18.2 Å². The van der Waals surface area contributed by atoms with E-state index >= 15 is 0 Å². The number of para-hydroxylation sites is 1. The van der Waals surface area contributed by atoms with Crippen LogP contribution >= 0.6 is 0 Å². The Morgan fingerprint density at radius 2 is 2.08 bits per heavy atom. The van der Waals surface area contributed by atoms with Gasteiger partial charge in [0.15, 0.2) is 0 Å². The van der Waals surface area contributed by atoms with Crippen molar-refractivity contribution in [1.29, 1.82) is 0 Å². The van der Waals surface area contributed by atoms with Crippen LogP contribution in [0.3, 0.4) is 0 Å². The zero-order valence-corrected chi connectivity index (χ0v) is 15.5. The van der Waals surface area contributed by atoms with Gasteiger partial charge in [0.1, 0.15) is 0 Å². The van der Waals surface area contributed by atoms with Gasteiger partial charge in [0.2, 0.25) is 0 Å². The summed E-state index contributed by atoms with van der Waals surface area (Å²) in [7, 11) is 0. The second-order valence-electron chi connectivity index (χ2n) is 7.27. The Morgan fingerprint density at radius 1 is 1.28 bits per heavy atom. The van der Waals surface area contributed by atoms with E-state index in [1.54, 1.807) is 0 Å². The van der Waals surface area contributed by atoms with Gasteiger partial charge < -0.3 is 20.3 Å². The molecule has 25 heavy (non-hydrogen) atoms. The second kappa shape index (κ2) is 8.68. The van der Waals surface area contributed by atoms with Gasteiger partial charge in [-0.25, -0.2) is 4.79 Å². The highest BCUT2D eigenvalue weighted by Crippen LogP contribution is 2.21. The van der Waals surface area contributed by atoms with E-state index in [1.165, 1.54) is 18.4 Å². The zero-order valence-electron chi connectivity index (χ0n) is 15.5. The summed E-state index contributed by atoms with van der Waals surface area (Å²) in [5, 5.41) is 6.22. The molecule has 138 valence electrons. The van der Waals surface area contributed by atoms with E-state index in [0.29, 0.717) is 6.10 Å². The van der Waals surface area contributed by atoms with Crippen molar-refractivity contribution in [3.63, 3.8) is 0 Å². The van der Waals surface area contributed by atoms with Crippen molar-refractivity contribution in [3.8, 4) is 0 Å². The fourth-order valence-electron chi connectivity index (χ4n) is 3.87. The Balaban J connectivity index is 1.45. The van der Waals surface area contributed by atoms with Crippen LogP contribution in [0.4, 0.5) is 10.5 Å². The number of benzene rings is 1. The Labute approximate surface area is 151 Å². The van der Waals surface area contributed by atoms with Crippen LogP contribution in [0.1, 0.15) is 43.7 Å². The highest BCUT2D eigenvalue weighted by molar-refractivity contribution is 5.91.